The molecule has 1 saturated heterocycles. The Bertz CT molecular complexity index is 438. The fraction of sp³-hybridized carbons (Fsp3) is 0.357. The molecule has 1 aliphatic heterocycles. The summed E-state index contributed by atoms with van der Waals surface area (Å²) in [4.78, 5) is 11.4. The van der Waals surface area contributed by atoms with Gasteiger partial charge in [-0.05, 0) is 30.0 Å². The molecule has 0 radical (unpaired) electrons. The zero-order valence-electron chi connectivity index (χ0n) is 10.1. The lowest BCUT2D eigenvalue weighted by atomic mass is 10.0. The third-order valence-corrected chi connectivity index (χ3v) is 2.88. The molecule has 3 heteroatoms. The summed E-state index contributed by atoms with van der Waals surface area (Å²) in [6, 6.07) is 8.39. The topological polar surface area (TPSA) is 41.1 Å². The highest BCUT2D eigenvalue weighted by atomic mass is 16.2. The first kappa shape index (κ1) is 11.9. The number of amides is 1. The molecule has 0 aromatic heterocycles. The van der Waals surface area contributed by atoms with Gasteiger partial charge in [-0.3, -0.25) is 10.2 Å². The molecule has 1 aromatic rings. The number of hydrazine groups is 1. The van der Waals surface area contributed by atoms with Crippen LogP contribution in [-0.2, 0) is 11.2 Å². The predicted molar refractivity (Wildman–Crippen MR) is 69.2 cm³/mol. The lowest BCUT2D eigenvalue weighted by molar-refractivity contribution is -0.116. The molecular formula is C14H18N2O. The van der Waals surface area contributed by atoms with Gasteiger partial charge >= 0.3 is 0 Å². The van der Waals surface area contributed by atoms with Crippen LogP contribution in [0.4, 0.5) is 0 Å². The van der Waals surface area contributed by atoms with Crippen LogP contribution in [0.15, 0.2) is 29.8 Å². The van der Waals surface area contributed by atoms with Crippen LogP contribution in [0.2, 0.25) is 0 Å². The van der Waals surface area contributed by atoms with Gasteiger partial charge in [-0.25, -0.2) is 5.43 Å². The number of hydrogen-bond acceptors (Lipinski definition) is 2. The number of unbranched alkanes of at least 4 members (excludes halogenated alkanes) is 1. The maximum absolute atomic E-state index is 11.4. The normalized spacial score (nSPS) is 17.5. The van der Waals surface area contributed by atoms with E-state index in [2.05, 4.69) is 36.0 Å². The highest BCUT2D eigenvalue weighted by Gasteiger charge is 2.14. The fourth-order valence-electron chi connectivity index (χ4n) is 1.92. The highest BCUT2D eigenvalue weighted by Crippen LogP contribution is 2.13. The monoisotopic (exact) mass is 230 g/mol. The molecule has 90 valence electrons. The van der Waals surface area contributed by atoms with Crippen LogP contribution in [0.25, 0.3) is 6.08 Å². The zero-order chi connectivity index (χ0) is 12.1. The number of hydrogen-bond donors (Lipinski definition) is 2. The van der Waals surface area contributed by atoms with Crippen molar-refractivity contribution in [3.8, 4) is 0 Å². The van der Waals surface area contributed by atoms with Crippen LogP contribution >= 0.6 is 0 Å². The van der Waals surface area contributed by atoms with Crippen molar-refractivity contribution in [2.75, 3.05) is 6.54 Å². The minimum Gasteiger partial charge on any atom is -0.287 e. The number of carbonyl (C=O) groups excluding carboxylic acids is 1. The summed E-state index contributed by atoms with van der Waals surface area (Å²) >= 11 is 0. The van der Waals surface area contributed by atoms with E-state index in [1.165, 1.54) is 18.4 Å². The van der Waals surface area contributed by atoms with E-state index in [-0.39, 0.29) is 5.91 Å². The molecule has 0 spiro atoms. The summed E-state index contributed by atoms with van der Waals surface area (Å²) in [6.45, 7) is 2.79. The Morgan fingerprint density at radius 1 is 1.41 bits per heavy atom. The molecule has 0 unspecified atom stereocenters. The van der Waals surface area contributed by atoms with Gasteiger partial charge < -0.3 is 0 Å². The number of rotatable bonds is 4. The van der Waals surface area contributed by atoms with Crippen LogP contribution in [0.3, 0.4) is 0 Å². The molecule has 1 fully saturated rings. The summed E-state index contributed by atoms with van der Waals surface area (Å²) in [7, 11) is 0. The van der Waals surface area contributed by atoms with Gasteiger partial charge in [-0.15, -0.1) is 0 Å². The quantitative estimate of drug-likeness (QED) is 0.777. The van der Waals surface area contributed by atoms with E-state index in [9.17, 15) is 4.79 Å². The minimum absolute atomic E-state index is 0.0241. The number of carbonyl (C=O) groups is 1. The molecular weight excluding hydrogens is 212 g/mol. The lowest BCUT2D eigenvalue weighted by Gasteiger charge is -2.02. The third-order valence-electron chi connectivity index (χ3n) is 2.88. The summed E-state index contributed by atoms with van der Waals surface area (Å²) in [5.74, 6) is -0.0241. The molecule has 3 nitrogen and oxygen atoms in total. The van der Waals surface area contributed by atoms with Crippen LogP contribution in [-0.4, -0.2) is 12.5 Å². The molecule has 17 heavy (non-hydrogen) atoms. The van der Waals surface area contributed by atoms with E-state index in [0.29, 0.717) is 6.54 Å². The van der Waals surface area contributed by atoms with Crippen molar-refractivity contribution in [2.24, 2.45) is 0 Å². The van der Waals surface area contributed by atoms with Crippen LogP contribution in [0, 0.1) is 0 Å². The summed E-state index contributed by atoms with van der Waals surface area (Å²) < 4.78 is 0. The third kappa shape index (κ3) is 3.17. The summed E-state index contributed by atoms with van der Waals surface area (Å²) in [5.41, 5.74) is 8.64. The average molecular weight is 230 g/mol. The van der Waals surface area contributed by atoms with E-state index in [1.54, 1.807) is 0 Å². The van der Waals surface area contributed by atoms with Gasteiger partial charge in [0.1, 0.15) is 0 Å². The SMILES string of the molecule is CCCCc1cccc(/C=C2\CNNC2=O)c1. The molecule has 0 bridgehead atoms. The molecule has 0 atom stereocenters. The Balaban J connectivity index is 2.13. The second-order valence-corrected chi connectivity index (χ2v) is 4.33. The van der Waals surface area contributed by atoms with Gasteiger partial charge in [0.15, 0.2) is 0 Å². The summed E-state index contributed by atoms with van der Waals surface area (Å²) in [6.07, 6.45) is 5.47. The molecule has 2 N–H and O–H groups in total. The van der Waals surface area contributed by atoms with E-state index in [1.807, 2.05) is 12.1 Å². The van der Waals surface area contributed by atoms with Crippen molar-refractivity contribution in [3.63, 3.8) is 0 Å². The van der Waals surface area contributed by atoms with Gasteiger partial charge in [0, 0.05) is 12.1 Å². The molecule has 1 amide bonds. The highest BCUT2D eigenvalue weighted by molar-refractivity contribution is 5.99. The van der Waals surface area contributed by atoms with Crippen molar-refractivity contribution in [2.45, 2.75) is 26.2 Å². The first-order chi connectivity index (χ1) is 8.29. The lowest BCUT2D eigenvalue weighted by Crippen LogP contribution is -2.25. The largest absolute Gasteiger partial charge is 0.287 e. The molecule has 0 aliphatic carbocycles. The predicted octanol–water partition coefficient (Wildman–Crippen LogP) is 2.05. The number of nitrogens with one attached hydrogen (secondary N) is 2. The second kappa shape index (κ2) is 5.64. The van der Waals surface area contributed by atoms with Gasteiger partial charge in [-0.1, -0.05) is 37.6 Å². The van der Waals surface area contributed by atoms with E-state index >= 15 is 0 Å². The Kier molecular flexibility index (Phi) is 3.94. The van der Waals surface area contributed by atoms with Crippen molar-refractivity contribution in [3.05, 3.63) is 41.0 Å². The standard InChI is InChI=1S/C14H18N2O/c1-2-3-5-11-6-4-7-12(8-11)9-13-10-15-16-14(13)17/h4,6-9,15H,2-3,5,10H2,1H3,(H,16,17)/b13-9+. The second-order valence-electron chi connectivity index (χ2n) is 4.33. The first-order valence-electron chi connectivity index (χ1n) is 6.12. The van der Waals surface area contributed by atoms with Crippen molar-refractivity contribution in [1.82, 2.24) is 10.9 Å². The fourth-order valence-corrected chi connectivity index (χ4v) is 1.92. The van der Waals surface area contributed by atoms with Gasteiger partial charge in [-0.2, -0.15) is 0 Å². The van der Waals surface area contributed by atoms with Gasteiger partial charge in [0.2, 0.25) is 0 Å². The number of aryl methyl sites for hydroxylation is 1. The molecule has 1 aliphatic rings. The Labute approximate surface area is 102 Å². The first-order valence-corrected chi connectivity index (χ1v) is 6.12. The van der Waals surface area contributed by atoms with Gasteiger partial charge in [0.05, 0.1) is 0 Å². The average Bonchev–Trinajstić information content (AvgIpc) is 2.73. The van der Waals surface area contributed by atoms with Crippen LogP contribution in [0.5, 0.6) is 0 Å². The maximum atomic E-state index is 11.4. The van der Waals surface area contributed by atoms with E-state index in [0.717, 1.165) is 17.6 Å². The molecule has 1 aromatic carbocycles. The molecule has 1 heterocycles. The van der Waals surface area contributed by atoms with Crippen molar-refractivity contribution in [1.29, 1.82) is 0 Å². The zero-order valence-corrected chi connectivity index (χ0v) is 10.1. The van der Waals surface area contributed by atoms with E-state index < -0.39 is 0 Å². The molecule has 0 saturated carbocycles. The smallest absolute Gasteiger partial charge is 0.262 e. The summed E-state index contributed by atoms with van der Waals surface area (Å²) in [5, 5.41) is 0. The Morgan fingerprint density at radius 2 is 2.29 bits per heavy atom. The maximum Gasteiger partial charge on any atom is 0.262 e. The Hall–Kier alpha value is -1.61. The minimum atomic E-state index is -0.0241. The van der Waals surface area contributed by atoms with Crippen molar-refractivity contribution < 1.29 is 4.79 Å². The molecule has 2 rings (SSSR count). The van der Waals surface area contributed by atoms with Crippen LogP contribution in [0.1, 0.15) is 30.9 Å². The number of benzene rings is 1. The van der Waals surface area contributed by atoms with Gasteiger partial charge in [0.25, 0.3) is 5.91 Å². The van der Waals surface area contributed by atoms with Crippen LogP contribution < -0.4 is 10.9 Å². The van der Waals surface area contributed by atoms with Crippen molar-refractivity contribution >= 4 is 12.0 Å². The Morgan fingerprint density at radius 3 is 3.00 bits per heavy atom. The van der Waals surface area contributed by atoms with E-state index in [4.69, 9.17) is 0 Å².